The number of benzene rings is 1. The van der Waals surface area contributed by atoms with Gasteiger partial charge in [0, 0.05) is 0 Å². The number of hydrazine groups is 1. The molecule has 0 unspecified atom stereocenters. The first-order chi connectivity index (χ1) is 8.20. The minimum atomic E-state index is -1.09. The van der Waals surface area contributed by atoms with E-state index in [0.717, 1.165) is 5.17 Å². The van der Waals surface area contributed by atoms with Crippen LogP contribution in [-0.2, 0) is 19.3 Å². The van der Waals surface area contributed by atoms with Crippen LogP contribution in [0.25, 0.3) is 0 Å². The van der Waals surface area contributed by atoms with Gasteiger partial charge in [-0.05, 0) is 36.8 Å². The number of nitrogens with zero attached hydrogens (tertiary/aromatic N) is 1. The van der Waals surface area contributed by atoms with Crippen molar-refractivity contribution in [2.75, 3.05) is 11.8 Å². The summed E-state index contributed by atoms with van der Waals surface area (Å²) in [5, 5.41) is 0.944. The lowest BCUT2D eigenvalue weighted by atomic mass is 10.3. The summed E-state index contributed by atoms with van der Waals surface area (Å²) in [6, 6.07) is 6.68. The summed E-state index contributed by atoms with van der Waals surface area (Å²) in [4.78, 5) is 30.7. The number of nitrogens with one attached hydrogen (secondary N) is 1. The van der Waals surface area contributed by atoms with E-state index < -0.39 is 11.9 Å². The second-order valence-electron chi connectivity index (χ2n) is 3.08. The summed E-state index contributed by atoms with van der Waals surface area (Å²) >= 11 is 0. The smallest absolute Gasteiger partial charge is 0.444 e. The third-order valence-corrected chi connectivity index (χ3v) is 1.94. The Morgan fingerprint density at radius 2 is 1.94 bits per heavy atom. The molecule has 1 heterocycles. The van der Waals surface area contributed by atoms with E-state index in [2.05, 4.69) is 15.3 Å². The van der Waals surface area contributed by atoms with Crippen LogP contribution in [0.15, 0.2) is 24.3 Å². The van der Waals surface area contributed by atoms with E-state index in [4.69, 9.17) is 4.74 Å². The van der Waals surface area contributed by atoms with Crippen LogP contribution in [-0.4, -0.2) is 18.5 Å². The molecule has 0 aromatic heterocycles. The van der Waals surface area contributed by atoms with E-state index >= 15 is 0 Å². The number of anilines is 1. The Bertz CT molecular complexity index is 431. The van der Waals surface area contributed by atoms with E-state index in [0.29, 0.717) is 18.0 Å². The predicted octanol–water partition coefficient (Wildman–Crippen LogP) is 0.326. The van der Waals surface area contributed by atoms with Gasteiger partial charge in [0.05, 0.1) is 12.3 Å². The molecule has 0 saturated carbocycles. The quantitative estimate of drug-likeness (QED) is 0.760. The van der Waals surface area contributed by atoms with Gasteiger partial charge in [-0.3, -0.25) is 0 Å². The van der Waals surface area contributed by atoms with Crippen LogP contribution in [0.3, 0.4) is 0 Å². The molecule has 1 aliphatic rings. The van der Waals surface area contributed by atoms with E-state index in [9.17, 15) is 9.59 Å². The number of ether oxygens (including phenoxy) is 1. The number of carbonyl (C=O) groups is 2. The zero-order valence-electron chi connectivity index (χ0n) is 9.00. The first-order valence-electron chi connectivity index (χ1n) is 4.92. The van der Waals surface area contributed by atoms with Crippen molar-refractivity contribution in [3.05, 3.63) is 24.3 Å². The molecule has 0 spiro atoms. The zero-order valence-corrected chi connectivity index (χ0v) is 9.00. The number of hydrogen-bond acceptors (Lipinski definition) is 7. The van der Waals surface area contributed by atoms with Crippen LogP contribution in [0.2, 0.25) is 0 Å². The SMILES string of the molecule is CCOc1ccc(N2NOC(=O)C(=O)O2)cc1. The summed E-state index contributed by atoms with van der Waals surface area (Å²) < 4.78 is 5.25. The highest BCUT2D eigenvalue weighted by molar-refractivity contribution is 6.30. The fraction of sp³-hybridized carbons (Fsp3) is 0.200. The van der Waals surface area contributed by atoms with Gasteiger partial charge in [0.2, 0.25) is 0 Å². The Kier molecular flexibility index (Phi) is 3.10. The van der Waals surface area contributed by atoms with Crippen LogP contribution in [0, 0.1) is 0 Å². The maximum atomic E-state index is 10.9. The normalized spacial score (nSPS) is 15.2. The molecule has 90 valence electrons. The van der Waals surface area contributed by atoms with Crippen LogP contribution >= 0.6 is 0 Å². The van der Waals surface area contributed by atoms with Gasteiger partial charge in [0.1, 0.15) is 5.75 Å². The lowest BCUT2D eigenvalue weighted by molar-refractivity contribution is -0.192. The maximum absolute atomic E-state index is 10.9. The minimum Gasteiger partial charge on any atom is -0.494 e. The molecule has 0 amide bonds. The van der Waals surface area contributed by atoms with E-state index in [1.165, 1.54) is 0 Å². The Balaban J connectivity index is 2.07. The van der Waals surface area contributed by atoms with Gasteiger partial charge in [-0.15, -0.1) is 5.17 Å². The number of carbonyl (C=O) groups excluding carboxylic acids is 2. The van der Waals surface area contributed by atoms with Crippen LogP contribution in [0.4, 0.5) is 5.69 Å². The van der Waals surface area contributed by atoms with Crippen molar-refractivity contribution in [3.8, 4) is 5.75 Å². The van der Waals surface area contributed by atoms with Crippen molar-refractivity contribution in [2.45, 2.75) is 6.92 Å². The summed E-state index contributed by atoms with van der Waals surface area (Å²) in [6.45, 7) is 2.44. The van der Waals surface area contributed by atoms with Gasteiger partial charge in [-0.2, -0.15) is 0 Å². The Morgan fingerprint density at radius 1 is 1.24 bits per heavy atom. The van der Waals surface area contributed by atoms with Gasteiger partial charge in [-0.25, -0.2) is 9.59 Å². The van der Waals surface area contributed by atoms with E-state index in [1.54, 1.807) is 24.3 Å². The number of rotatable bonds is 3. The Hall–Kier alpha value is -2.28. The zero-order chi connectivity index (χ0) is 12.3. The molecule has 1 aromatic rings. The first kappa shape index (κ1) is 11.2. The molecule has 1 aliphatic heterocycles. The molecule has 17 heavy (non-hydrogen) atoms. The van der Waals surface area contributed by atoms with Gasteiger partial charge >= 0.3 is 11.9 Å². The maximum Gasteiger partial charge on any atom is 0.444 e. The Morgan fingerprint density at radius 3 is 2.53 bits per heavy atom. The largest absolute Gasteiger partial charge is 0.494 e. The summed E-state index contributed by atoms with van der Waals surface area (Å²) in [5.74, 6) is -1.48. The molecule has 1 saturated heterocycles. The Labute approximate surface area is 96.7 Å². The van der Waals surface area contributed by atoms with Crippen molar-refractivity contribution in [1.29, 1.82) is 0 Å². The van der Waals surface area contributed by atoms with Crippen molar-refractivity contribution < 1.29 is 24.0 Å². The lowest BCUT2D eigenvalue weighted by Crippen LogP contribution is -2.49. The average molecular weight is 238 g/mol. The molecular formula is C10H10N2O5. The molecule has 0 radical (unpaired) electrons. The molecule has 1 N–H and O–H groups in total. The molecule has 0 aliphatic carbocycles. The molecule has 1 fully saturated rings. The minimum absolute atomic E-state index is 0.495. The van der Waals surface area contributed by atoms with Gasteiger partial charge in [0.15, 0.2) is 0 Å². The molecule has 1 aromatic carbocycles. The summed E-state index contributed by atoms with van der Waals surface area (Å²) in [6.07, 6.45) is 0. The summed E-state index contributed by atoms with van der Waals surface area (Å²) in [5.41, 5.74) is 2.66. The van der Waals surface area contributed by atoms with Gasteiger partial charge in [-0.1, -0.05) is 0 Å². The van der Waals surface area contributed by atoms with Crippen LogP contribution in [0.5, 0.6) is 5.75 Å². The highest BCUT2D eigenvalue weighted by atomic mass is 16.9. The molecule has 0 atom stereocenters. The number of hydrogen-bond donors (Lipinski definition) is 1. The third kappa shape index (κ3) is 2.45. The molecular weight excluding hydrogens is 228 g/mol. The topological polar surface area (TPSA) is 77.1 Å². The molecule has 7 nitrogen and oxygen atoms in total. The fourth-order valence-corrected chi connectivity index (χ4v) is 1.21. The third-order valence-electron chi connectivity index (χ3n) is 1.94. The lowest BCUT2D eigenvalue weighted by Gasteiger charge is -2.25. The van der Waals surface area contributed by atoms with E-state index in [-0.39, 0.29) is 0 Å². The predicted molar refractivity (Wildman–Crippen MR) is 55.4 cm³/mol. The molecule has 2 rings (SSSR count). The van der Waals surface area contributed by atoms with Crippen molar-refractivity contribution in [2.24, 2.45) is 0 Å². The highest BCUT2D eigenvalue weighted by Crippen LogP contribution is 2.19. The standard InChI is InChI=1S/C10H10N2O5/c1-2-15-8-5-3-7(4-6-8)12-11-16-9(13)10(14)17-12/h3-6,11H,2H2,1H3. The molecule has 0 bridgehead atoms. The van der Waals surface area contributed by atoms with Crippen LogP contribution < -0.4 is 15.5 Å². The summed E-state index contributed by atoms with van der Waals surface area (Å²) in [7, 11) is 0. The second-order valence-corrected chi connectivity index (χ2v) is 3.08. The van der Waals surface area contributed by atoms with E-state index in [1.807, 2.05) is 6.92 Å². The van der Waals surface area contributed by atoms with Crippen molar-refractivity contribution >= 4 is 17.6 Å². The van der Waals surface area contributed by atoms with Crippen LogP contribution in [0.1, 0.15) is 6.92 Å². The van der Waals surface area contributed by atoms with Gasteiger partial charge in [0.25, 0.3) is 0 Å². The van der Waals surface area contributed by atoms with Crippen molar-refractivity contribution in [3.63, 3.8) is 0 Å². The highest BCUT2D eigenvalue weighted by Gasteiger charge is 2.29. The van der Waals surface area contributed by atoms with Crippen molar-refractivity contribution in [1.82, 2.24) is 5.59 Å². The molecule has 7 heteroatoms. The monoisotopic (exact) mass is 238 g/mol. The van der Waals surface area contributed by atoms with Gasteiger partial charge < -0.3 is 14.4 Å². The second kappa shape index (κ2) is 4.71. The fourth-order valence-electron chi connectivity index (χ4n) is 1.21. The average Bonchev–Trinajstić information content (AvgIpc) is 2.34. The first-order valence-corrected chi connectivity index (χ1v) is 4.92.